The van der Waals surface area contributed by atoms with Crippen molar-refractivity contribution in [1.29, 1.82) is 0 Å². The first-order valence-corrected chi connectivity index (χ1v) is 7.93. The number of carbonyl (C=O) groups excluding carboxylic acids is 2. The zero-order chi connectivity index (χ0) is 17.7. The summed E-state index contributed by atoms with van der Waals surface area (Å²) in [5.74, 6) is -0.210. The first-order chi connectivity index (χ1) is 11.5. The largest absolute Gasteiger partial charge is 0.501 e. The van der Waals surface area contributed by atoms with E-state index in [9.17, 15) is 9.59 Å². The molecule has 0 radical (unpaired) electrons. The Bertz CT molecular complexity index is 814. The molecule has 0 bridgehead atoms. The molecule has 2 aromatic rings. The van der Waals surface area contributed by atoms with Crippen LogP contribution in [0.2, 0.25) is 5.02 Å². The Hall–Kier alpha value is -2.40. The zero-order valence-corrected chi connectivity index (χ0v) is 14.5. The SMILES string of the molecule is CCO/C=C(\C(=O)CC)C(=O)c1cnc2ccc(OC)cc2c1Cl. The fourth-order valence-electron chi connectivity index (χ4n) is 2.17. The van der Waals surface area contributed by atoms with Gasteiger partial charge in [-0.3, -0.25) is 14.6 Å². The molecular weight excluding hydrogens is 330 g/mol. The first-order valence-electron chi connectivity index (χ1n) is 7.55. The van der Waals surface area contributed by atoms with E-state index in [4.69, 9.17) is 21.1 Å². The number of hydrogen-bond donors (Lipinski definition) is 0. The predicted molar refractivity (Wildman–Crippen MR) is 92.6 cm³/mol. The number of nitrogens with zero attached hydrogens (tertiary/aromatic N) is 1. The number of aromatic nitrogens is 1. The molecule has 0 aliphatic heterocycles. The second-order valence-electron chi connectivity index (χ2n) is 4.96. The van der Waals surface area contributed by atoms with Gasteiger partial charge in [0, 0.05) is 18.0 Å². The molecule has 6 heteroatoms. The molecule has 0 amide bonds. The van der Waals surface area contributed by atoms with Crippen LogP contribution in [0.5, 0.6) is 5.75 Å². The maximum absolute atomic E-state index is 12.7. The van der Waals surface area contributed by atoms with Gasteiger partial charge in [0.1, 0.15) is 11.3 Å². The van der Waals surface area contributed by atoms with E-state index in [1.165, 1.54) is 12.5 Å². The lowest BCUT2D eigenvalue weighted by Gasteiger charge is -2.09. The van der Waals surface area contributed by atoms with Crippen molar-refractivity contribution in [2.45, 2.75) is 20.3 Å². The van der Waals surface area contributed by atoms with Crippen LogP contribution >= 0.6 is 11.6 Å². The number of ether oxygens (including phenoxy) is 2. The van der Waals surface area contributed by atoms with Crippen molar-refractivity contribution in [1.82, 2.24) is 4.98 Å². The van der Waals surface area contributed by atoms with E-state index in [2.05, 4.69) is 4.98 Å². The molecule has 0 aliphatic rings. The van der Waals surface area contributed by atoms with Crippen molar-refractivity contribution in [3.63, 3.8) is 0 Å². The Balaban J connectivity index is 2.55. The minimum Gasteiger partial charge on any atom is -0.501 e. The van der Waals surface area contributed by atoms with E-state index in [0.29, 0.717) is 23.3 Å². The summed E-state index contributed by atoms with van der Waals surface area (Å²) < 4.78 is 10.3. The minimum absolute atomic E-state index is 0.0368. The van der Waals surface area contributed by atoms with E-state index < -0.39 is 5.78 Å². The van der Waals surface area contributed by atoms with Gasteiger partial charge in [0.15, 0.2) is 5.78 Å². The molecular formula is C18H18ClNO4. The minimum atomic E-state index is -0.502. The first kappa shape index (κ1) is 17.9. The summed E-state index contributed by atoms with van der Waals surface area (Å²) in [6.45, 7) is 3.81. The summed E-state index contributed by atoms with van der Waals surface area (Å²) >= 11 is 6.40. The Kier molecular flexibility index (Phi) is 5.93. The smallest absolute Gasteiger partial charge is 0.202 e. The number of halogens is 1. The van der Waals surface area contributed by atoms with Crippen molar-refractivity contribution in [2.24, 2.45) is 0 Å². The van der Waals surface area contributed by atoms with E-state index >= 15 is 0 Å². The van der Waals surface area contributed by atoms with Crippen molar-refractivity contribution >= 4 is 34.1 Å². The number of methoxy groups -OCH3 is 1. The van der Waals surface area contributed by atoms with Crippen LogP contribution in [0.1, 0.15) is 30.6 Å². The van der Waals surface area contributed by atoms with Gasteiger partial charge in [-0.15, -0.1) is 0 Å². The molecule has 2 rings (SSSR count). The van der Waals surface area contributed by atoms with Gasteiger partial charge in [0.25, 0.3) is 0 Å². The van der Waals surface area contributed by atoms with Crippen LogP contribution in [0.25, 0.3) is 10.9 Å². The van der Waals surface area contributed by atoms with Crippen LogP contribution in [0.3, 0.4) is 0 Å². The number of Topliss-reactive ketones (excluding diaryl/α,β-unsaturated/α-hetero) is 2. The van der Waals surface area contributed by atoms with Crippen LogP contribution in [-0.2, 0) is 9.53 Å². The molecule has 126 valence electrons. The summed E-state index contributed by atoms with van der Waals surface area (Å²) in [4.78, 5) is 29.0. The molecule has 0 aliphatic carbocycles. The summed E-state index contributed by atoms with van der Waals surface area (Å²) in [6.07, 6.45) is 2.76. The lowest BCUT2D eigenvalue weighted by atomic mass is 9.99. The van der Waals surface area contributed by atoms with Crippen LogP contribution in [0.15, 0.2) is 36.2 Å². The molecule has 0 saturated carbocycles. The van der Waals surface area contributed by atoms with Gasteiger partial charge in [-0.1, -0.05) is 18.5 Å². The van der Waals surface area contributed by atoms with Gasteiger partial charge in [-0.05, 0) is 25.1 Å². The fraction of sp³-hybridized carbons (Fsp3) is 0.278. The lowest BCUT2D eigenvalue weighted by molar-refractivity contribution is -0.115. The number of allylic oxidation sites excluding steroid dienone is 1. The maximum Gasteiger partial charge on any atom is 0.202 e. The Morgan fingerprint density at radius 1 is 1.29 bits per heavy atom. The molecule has 1 aromatic carbocycles. The molecule has 0 atom stereocenters. The Morgan fingerprint density at radius 3 is 2.67 bits per heavy atom. The van der Waals surface area contributed by atoms with Crippen molar-refractivity contribution < 1.29 is 19.1 Å². The fourth-order valence-corrected chi connectivity index (χ4v) is 2.46. The zero-order valence-electron chi connectivity index (χ0n) is 13.8. The molecule has 0 saturated heterocycles. The van der Waals surface area contributed by atoms with E-state index in [-0.39, 0.29) is 28.4 Å². The molecule has 0 fully saturated rings. The summed E-state index contributed by atoms with van der Waals surface area (Å²) in [7, 11) is 1.54. The van der Waals surface area contributed by atoms with E-state index in [1.807, 2.05) is 0 Å². The second-order valence-corrected chi connectivity index (χ2v) is 5.34. The number of pyridine rings is 1. The summed E-state index contributed by atoms with van der Waals surface area (Å²) in [6, 6.07) is 5.21. The normalized spacial score (nSPS) is 11.4. The predicted octanol–water partition coefficient (Wildman–Crippen LogP) is 3.98. The van der Waals surface area contributed by atoms with Gasteiger partial charge in [0.2, 0.25) is 5.78 Å². The highest BCUT2D eigenvalue weighted by molar-refractivity contribution is 6.41. The number of fused-ring (bicyclic) bond motifs is 1. The van der Waals surface area contributed by atoms with Crippen LogP contribution in [-0.4, -0.2) is 30.3 Å². The van der Waals surface area contributed by atoms with Gasteiger partial charge < -0.3 is 9.47 Å². The van der Waals surface area contributed by atoms with Crippen molar-refractivity contribution in [3.05, 3.63) is 46.8 Å². The molecule has 0 N–H and O–H groups in total. The molecule has 0 unspecified atom stereocenters. The van der Waals surface area contributed by atoms with Gasteiger partial charge in [-0.2, -0.15) is 0 Å². The Morgan fingerprint density at radius 2 is 2.04 bits per heavy atom. The number of ketones is 2. The highest BCUT2D eigenvalue weighted by Crippen LogP contribution is 2.30. The monoisotopic (exact) mass is 347 g/mol. The molecule has 0 spiro atoms. The third-order valence-electron chi connectivity index (χ3n) is 3.49. The number of carbonyl (C=O) groups is 2. The van der Waals surface area contributed by atoms with Gasteiger partial charge >= 0.3 is 0 Å². The highest BCUT2D eigenvalue weighted by Gasteiger charge is 2.23. The highest BCUT2D eigenvalue weighted by atomic mass is 35.5. The number of rotatable bonds is 7. The van der Waals surface area contributed by atoms with E-state index in [1.54, 1.807) is 39.2 Å². The summed E-state index contributed by atoms with van der Waals surface area (Å²) in [5, 5.41) is 0.816. The third kappa shape index (κ3) is 3.57. The average molecular weight is 348 g/mol. The van der Waals surface area contributed by atoms with Crippen molar-refractivity contribution in [3.8, 4) is 5.75 Å². The average Bonchev–Trinajstić information content (AvgIpc) is 2.61. The quantitative estimate of drug-likeness (QED) is 0.249. The lowest BCUT2D eigenvalue weighted by Crippen LogP contribution is -2.14. The standard InChI is InChI=1S/C18H18ClNO4/c1-4-16(21)14(10-24-5-2)18(22)13-9-20-15-7-6-11(23-3)8-12(15)17(13)19/h6-10H,4-5H2,1-3H3/b14-10+. The number of hydrogen-bond acceptors (Lipinski definition) is 5. The number of benzene rings is 1. The maximum atomic E-state index is 12.7. The van der Waals surface area contributed by atoms with E-state index in [0.717, 1.165) is 0 Å². The topological polar surface area (TPSA) is 65.5 Å². The van der Waals surface area contributed by atoms with Gasteiger partial charge in [-0.25, -0.2) is 0 Å². The molecule has 24 heavy (non-hydrogen) atoms. The Labute approximate surface area is 145 Å². The van der Waals surface area contributed by atoms with Gasteiger partial charge in [0.05, 0.1) is 36.1 Å². The van der Waals surface area contributed by atoms with Crippen molar-refractivity contribution in [2.75, 3.05) is 13.7 Å². The summed E-state index contributed by atoms with van der Waals surface area (Å²) in [5.41, 5.74) is 0.755. The second kappa shape index (κ2) is 7.93. The molecule has 1 heterocycles. The molecule has 1 aromatic heterocycles. The van der Waals surface area contributed by atoms with Crippen LogP contribution in [0.4, 0.5) is 0 Å². The van der Waals surface area contributed by atoms with Crippen LogP contribution < -0.4 is 4.74 Å². The van der Waals surface area contributed by atoms with Crippen LogP contribution in [0, 0.1) is 0 Å². The molecule has 5 nitrogen and oxygen atoms in total. The third-order valence-corrected chi connectivity index (χ3v) is 3.90.